The van der Waals surface area contributed by atoms with Crippen molar-refractivity contribution in [3.63, 3.8) is 0 Å². The maximum Gasteiger partial charge on any atom is 0.269 e. The third-order valence-corrected chi connectivity index (χ3v) is 4.66. The van der Waals surface area contributed by atoms with Crippen LogP contribution in [-0.4, -0.2) is 24.4 Å². The molecule has 0 bridgehead atoms. The van der Waals surface area contributed by atoms with Crippen LogP contribution in [0.25, 0.3) is 11.3 Å². The van der Waals surface area contributed by atoms with Gasteiger partial charge in [0.05, 0.1) is 12.5 Å². The molecule has 126 valence electrons. The van der Waals surface area contributed by atoms with Crippen LogP contribution in [0.3, 0.4) is 0 Å². The molecule has 0 saturated carbocycles. The molecule has 0 aliphatic rings. The summed E-state index contributed by atoms with van der Waals surface area (Å²) in [4.78, 5) is 3.58. The van der Waals surface area contributed by atoms with Gasteiger partial charge in [-0.2, -0.15) is 0 Å². The maximum absolute atomic E-state index is 13.2. The summed E-state index contributed by atoms with van der Waals surface area (Å²) in [5, 5.41) is 2.42. The smallest absolute Gasteiger partial charge is 0.269 e. The number of aromatic nitrogens is 2. The Balaban J connectivity index is 0.00000341. The average Bonchev–Trinajstić information content (AvgIpc) is 3.18. The molecule has 0 spiro atoms. The van der Waals surface area contributed by atoms with E-state index in [2.05, 4.69) is 10.3 Å². The average molecular weight is 371 g/mol. The minimum absolute atomic E-state index is 0. The van der Waals surface area contributed by atoms with Crippen LogP contribution in [0.5, 0.6) is 0 Å². The van der Waals surface area contributed by atoms with Crippen LogP contribution in [0.15, 0.2) is 71.9 Å². The number of rotatable bonds is 5. The van der Waals surface area contributed by atoms with Gasteiger partial charge in [-0.1, -0.05) is 30.2 Å². The van der Waals surface area contributed by atoms with Gasteiger partial charge in [-0.05, 0) is 36.4 Å². The first kappa shape index (κ1) is 10.7. The molecule has 1 aromatic carbocycles. The van der Waals surface area contributed by atoms with Gasteiger partial charge in [0.1, 0.15) is 4.90 Å². The molecule has 0 saturated heterocycles. The first-order valence-electron chi connectivity index (χ1n) is 10.1. The highest BCUT2D eigenvalue weighted by atomic mass is 35.5. The van der Waals surface area contributed by atoms with Gasteiger partial charge in [0, 0.05) is 27.8 Å². The van der Waals surface area contributed by atoms with E-state index in [9.17, 15) is 8.42 Å². The lowest BCUT2D eigenvalue weighted by Gasteiger charge is -2.10. The van der Waals surface area contributed by atoms with Crippen molar-refractivity contribution in [1.82, 2.24) is 14.3 Å². The predicted octanol–water partition coefficient (Wildman–Crippen LogP) is 2.93. The lowest BCUT2D eigenvalue weighted by atomic mass is 10.1. The van der Waals surface area contributed by atoms with Crippen LogP contribution in [0.4, 0.5) is 0 Å². The van der Waals surface area contributed by atoms with Crippen molar-refractivity contribution < 1.29 is 18.0 Å². The van der Waals surface area contributed by atoms with E-state index >= 15 is 0 Å². The molecule has 0 fully saturated rings. The molecule has 0 atom stereocenters. The fourth-order valence-electron chi connectivity index (χ4n) is 2.03. The molecule has 2 heterocycles. The van der Waals surface area contributed by atoms with E-state index in [-0.39, 0.29) is 34.1 Å². The zero-order valence-electron chi connectivity index (χ0n) is 19.5. The SMILES string of the molecule is Cl.[2H]c1c([2H])c([2H])c(-c2cc(C([2H])([2H])NC)cn2S(=O)(=O)c2cccnc2)c([2H])c1[2H]. The van der Waals surface area contributed by atoms with Gasteiger partial charge in [0.25, 0.3) is 10.0 Å². The van der Waals surface area contributed by atoms with Crippen molar-refractivity contribution in [2.75, 3.05) is 7.05 Å². The Bertz CT molecular complexity index is 1210. The molecule has 0 unspecified atom stereocenters. The highest BCUT2D eigenvalue weighted by Crippen LogP contribution is 2.26. The second-order valence-corrected chi connectivity index (χ2v) is 6.29. The van der Waals surface area contributed by atoms with Crippen molar-refractivity contribution in [2.45, 2.75) is 11.4 Å². The Hall–Kier alpha value is -2.15. The minimum atomic E-state index is -4.31. The standard InChI is InChI=1S/C17H17N3O2S.ClH/c1-18-11-14-10-17(15-6-3-2-4-7-15)20(13-14)23(21,22)16-8-5-9-19-12-16;/h2-10,12-13,18H,11H2,1H3;1H/i2D,3D,4D,6D,7D,11D2;. The van der Waals surface area contributed by atoms with Crippen LogP contribution in [0.2, 0.25) is 0 Å². The Morgan fingerprint density at radius 1 is 1.33 bits per heavy atom. The molecule has 7 heteroatoms. The summed E-state index contributed by atoms with van der Waals surface area (Å²) in [5.41, 5.74) is -0.712. The van der Waals surface area contributed by atoms with Gasteiger partial charge in [-0.15, -0.1) is 12.4 Å². The molecule has 1 N–H and O–H groups in total. The predicted molar refractivity (Wildman–Crippen MR) is 96.7 cm³/mol. The third-order valence-electron chi connectivity index (χ3n) is 3.00. The lowest BCUT2D eigenvalue weighted by Crippen LogP contribution is -2.13. The molecule has 0 radical (unpaired) electrons. The summed E-state index contributed by atoms with van der Waals surface area (Å²) in [5.74, 6) is 0. The van der Waals surface area contributed by atoms with E-state index < -0.39 is 46.7 Å². The van der Waals surface area contributed by atoms with Gasteiger partial charge >= 0.3 is 0 Å². The fourth-order valence-corrected chi connectivity index (χ4v) is 3.36. The van der Waals surface area contributed by atoms with E-state index in [0.717, 1.165) is 18.5 Å². The molecule has 0 amide bonds. The van der Waals surface area contributed by atoms with E-state index in [4.69, 9.17) is 9.60 Å². The largest absolute Gasteiger partial charge is 0.316 e. The van der Waals surface area contributed by atoms with E-state index in [1.165, 1.54) is 25.4 Å². The van der Waals surface area contributed by atoms with Gasteiger partial charge in [0.15, 0.2) is 0 Å². The van der Waals surface area contributed by atoms with Crippen molar-refractivity contribution in [3.05, 3.63) is 72.6 Å². The Morgan fingerprint density at radius 3 is 2.71 bits per heavy atom. The van der Waals surface area contributed by atoms with Crippen LogP contribution in [0, 0.1) is 0 Å². The van der Waals surface area contributed by atoms with E-state index in [1.54, 1.807) is 0 Å². The summed E-state index contributed by atoms with van der Waals surface area (Å²) < 4.78 is 83.2. The second-order valence-electron chi connectivity index (χ2n) is 4.48. The van der Waals surface area contributed by atoms with Gasteiger partial charge in [-0.25, -0.2) is 12.4 Å². The number of nitrogens with zero attached hydrogens (tertiary/aromatic N) is 2. The quantitative estimate of drug-likeness (QED) is 0.750. The highest BCUT2D eigenvalue weighted by molar-refractivity contribution is 7.90. The Morgan fingerprint density at radius 2 is 2.08 bits per heavy atom. The Labute approximate surface area is 157 Å². The molecule has 3 rings (SSSR count). The van der Waals surface area contributed by atoms with Crippen molar-refractivity contribution >= 4 is 22.4 Å². The molecular formula is C17H18ClN3O2S. The van der Waals surface area contributed by atoms with Crippen LogP contribution < -0.4 is 5.32 Å². The molecule has 2 aromatic heterocycles. The summed E-state index contributed by atoms with van der Waals surface area (Å²) in [6, 6.07) is 0.781. The fraction of sp³-hybridized carbons (Fsp3) is 0.118. The minimum Gasteiger partial charge on any atom is -0.316 e. The summed E-state index contributed by atoms with van der Waals surface area (Å²) in [6.07, 6.45) is 3.51. The third kappa shape index (κ3) is 3.51. The van der Waals surface area contributed by atoms with E-state index in [1.807, 2.05) is 0 Å². The number of pyridine rings is 1. The monoisotopic (exact) mass is 370 g/mol. The highest BCUT2D eigenvalue weighted by Gasteiger charge is 2.21. The second kappa shape index (κ2) is 7.61. The van der Waals surface area contributed by atoms with Gasteiger partial charge in [-0.3, -0.25) is 4.98 Å². The normalized spacial score (nSPS) is 15.8. The maximum atomic E-state index is 13.2. The van der Waals surface area contributed by atoms with Crippen molar-refractivity contribution in [2.24, 2.45) is 0 Å². The molecule has 5 nitrogen and oxygen atoms in total. The van der Waals surface area contributed by atoms with E-state index in [0.29, 0.717) is 3.97 Å². The van der Waals surface area contributed by atoms with Crippen molar-refractivity contribution in [3.8, 4) is 11.3 Å². The molecular weight excluding hydrogens is 346 g/mol. The number of hydrogen-bond donors (Lipinski definition) is 1. The lowest BCUT2D eigenvalue weighted by molar-refractivity contribution is 0.587. The zero-order chi connectivity index (χ0) is 22.4. The number of hydrogen-bond acceptors (Lipinski definition) is 4. The molecule has 3 aromatic rings. The summed E-state index contributed by atoms with van der Waals surface area (Å²) in [7, 11) is -2.97. The van der Waals surface area contributed by atoms with Gasteiger partial charge in [0.2, 0.25) is 0 Å². The van der Waals surface area contributed by atoms with Crippen LogP contribution >= 0.6 is 12.4 Å². The topological polar surface area (TPSA) is 64.0 Å². The zero-order valence-corrected chi connectivity index (χ0v) is 14.1. The van der Waals surface area contributed by atoms with Gasteiger partial charge < -0.3 is 5.32 Å². The molecule has 0 aliphatic heterocycles. The van der Waals surface area contributed by atoms with Crippen LogP contribution in [0.1, 0.15) is 15.2 Å². The Kier molecular flexibility index (Phi) is 3.38. The molecule has 24 heavy (non-hydrogen) atoms. The number of benzene rings is 1. The summed E-state index contributed by atoms with van der Waals surface area (Å²) in [6.45, 7) is -2.14. The first-order valence-corrected chi connectivity index (χ1v) is 8.02. The van der Waals surface area contributed by atoms with Crippen LogP contribution in [-0.2, 0) is 16.5 Å². The van der Waals surface area contributed by atoms with Crippen molar-refractivity contribution in [1.29, 1.82) is 0 Å². The summed E-state index contributed by atoms with van der Waals surface area (Å²) >= 11 is 0. The number of halogens is 1. The number of nitrogens with one attached hydrogen (secondary N) is 1. The molecule has 0 aliphatic carbocycles. The first-order chi connectivity index (χ1) is 13.9.